The Balaban J connectivity index is 1.79. The van der Waals surface area contributed by atoms with Crippen molar-refractivity contribution < 1.29 is 0 Å². The van der Waals surface area contributed by atoms with Gasteiger partial charge in [0.2, 0.25) is 11.1 Å². The summed E-state index contributed by atoms with van der Waals surface area (Å²) in [6, 6.07) is 0.663. The lowest BCUT2D eigenvalue weighted by molar-refractivity contribution is 0.311. The second-order valence-corrected chi connectivity index (χ2v) is 7.22. The van der Waals surface area contributed by atoms with E-state index < -0.39 is 0 Å². The number of rotatable bonds is 3. The first-order valence-corrected chi connectivity index (χ1v) is 8.29. The number of piperidine rings is 1. The van der Waals surface area contributed by atoms with Crippen molar-refractivity contribution in [3.8, 4) is 0 Å². The second kappa shape index (κ2) is 5.06. The van der Waals surface area contributed by atoms with Crippen LogP contribution in [0.4, 0.5) is 0 Å². The largest absolute Gasteiger partial charge is 0.316 e. The summed E-state index contributed by atoms with van der Waals surface area (Å²) in [5.41, 5.74) is 0.644. The highest BCUT2D eigenvalue weighted by Gasteiger charge is 2.39. The van der Waals surface area contributed by atoms with Crippen molar-refractivity contribution in [2.45, 2.75) is 45.2 Å². The molecule has 0 unspecified atom stereocenters. The molecule has 0 amide bonds. The zero-order valence-corrected chi connectivity index (χ0v) is 13.5. The summed E-state index contributed by atoms with van der Waals surface area (Å²) in [4.78, 5) is 16.7. The maximum Gasteiger partial charge on any atom is 0.279 e. The first-order chi connectivity index (χ1) is 10.5. The van der Waals surface area contributed by atoms with Crippen LogP contribution in [-0.2, 0) is 6.54 Å². The predicted molar refractivity (Wildman–Crippen MR) is 84.4 cm³/mol. The van der Waals surface area contributed by atoms with Gasteiger partial charge in [-0.2, -0.15) is 9.50 Å². The molecule has 118 valence electrons. The first-order valence-electron chi connectivity index (χ1n) is 7.92. The zero-order chi connectivity index (χ0) is 15.4. The summed E-state index contributed by atoms with van der Waals surface area (Å²) >= 11 is 5.93. The molecule has 6 nitrogen and oxygen atoms in total. The molecule has 1 saturated carbocycles. The highest BCUT2D eigenvalue weighted by molar-refractivity contribution is 6.28. The number of fused-ring (bicyclic) bond motifs is 3. The highest BCUT2D eigenvalue weighted by atomic mass is 35.5. The average molecular weight is 322 g/mol. The molecule has 0 aromatic carbocycles. The molecule has 1 saturated heterocycles. The molecule has 22 heavy (non-hydrogen) atoms. The van der Waals surface area contributed by atoms with Crippen LogP contribution >= 0.6 is 11.6 Å². The molecule has 2 aromatic rings. The number of halogens is 1. The van der Waals surface area contributed by atoms with Gasteiger partial charge in [0, 0.05) is 24.3 Å². The van der Waals surface area contributed by atoms with E-state index in [1.807, 2.05) is 20.0 Å². The number of hydrogen-bond donors (Lipinski definition) is 1. The Morgan fingerprint density at radius 1 is 1.45 bits per heavy atom. The molecule has 1 aliphatic carbocycles. The van der Waals surface area contributed by atoms with Crippen LogP contribution in [-0.4, -0.2) is 31.8 Å². The van der Waals surface area contributed by atoms with Crippen LogP contribution in [0.15, 0.2) is 11.0 Å². The fourth-order valence-corrected chi connectivity index (χ4v) is 4.11. The first kappa shape index (κ1) is 14.2. The van der Waals surface area contributed by atoms with Crippen molar-refractivity contribution in [1.29, 1.82) is 0 Å². The predicted octanol–water partition coefficient (Wildman–Crippen LogP) is 1.67. The summed E-state index contributed by atoms with van der Waals surface area (Å²) in [6.07, 6.45) is 4.42. The molecule has 4 rings (SSSR count). The topological polar surface area (TPSA) is 64.2 Å². The van der Waals surface area contributed by atoms with Crippen molar-refractivity contribution in [1.82, 2.24) is 24.5 Å². The van der Waals surface area contributed by atoms with Crippen molar-refractivity contribution >= 4 is 17.4 Å². The van der Waals surface area contributed by atoms with Crippen LogP contribution in [0, 0.1) is 11.8 Å². The monoisotopic (exact) mass is 321 g/mol. The molecule has 1 N–H and O–H groups in total. The Morgan fingerprint density at radius 3 is 2.91 bits per heavy atom. The molecule has 0 radical (unpaired) electrons. The molecule has 7 heteroatoms. The second-order valence-electron chi connectivity index (χ2n) is 6.89. The lowest BCUT2D eigenvalue weighted by Gasteiger charge is -2.24. The van der Waals surface area contributed by atoms with E-state index in [0.29, 0.717) is 17.7 Å². The molecule has 0 spiro atoms. The summed E-state index contributed by atoms with van der Waals surface area (Å²) in [7, 11) is 0. The third kappa shape index (κ3) is 2.16. The van der Waals surface area contributed by atoms with E-state index in [0.717, 1.165) is 24.6 Å². The minimum atomic E-state index is -0.116. The Bertz CT molecular complexity index is 780. The van der Waals surface area contributed by atoms with Gasteiger partial charge in [-0.3, -0.25) is 4.79 Å². The third-order valence-corrected chi connectivity index (χ3v) is 5.28. The number of nitrogens with zero attached hydrogens (tertiary/aromatic N) is 4. The normalized spacial score (nSPS) is 27.4. The van der Waals surface area contributed by atoms with Gasteiger partial charge in [0.25, 0.3) is 5.56 Å². The van der Waals surface area contributed by atoms with Gasteiger partial charge in [-0.25, -0.2) is 0 Å². The standard InChI is InChI=1S/C15H20ClN5O/c1-8(2)12-7-20(6-10-4-11-3-9(10)5-17-11)15-18-14(16)19-21(15)13(12)22/h7-11,17H,3-6H2,1-2H3/t9-,10-,11-/m1/s1. The van der Waals surface area contributed by atoms with Gasteiger partial charge in [-0.15, -0.1) is 5.10 Å². The van der Waals surface area contributed by atoms with Gasteiger partial charge < -0.3 is 9.88 Å². The maximum absolute atomic E-state index is 12.5. The van der Waals surface area contributed by atoms with Gasteiger partial charge >= 0.3 is 0 Å². The summed E-state index contributed by atoms with van der Waals surface area (Å²) in [5.74, 6) is 2.06. The number of aromatic nitrogens is 4. The fraction of sp³-hybridized carbons (Fsp3) is 0.667. The molecule has 2 bridgehead atoms. The number of hydrogen-bond acceptors (Lipinski definition) is 4. The minimum absolute atomic E-state index is 0.116. The molecule has 1 aliphatic heterocycles. The van der Waals surface area contributed by atoms with Crippen LogP contribution in [0.3, 0.4) is 0 Å². The van der Waals surface area contributed by atoms with Crippen LogP contribution < -0.4 is 10.9 Å². The van der Waals surface area contributed by atoms with Gasteiger partial charge in [-0.05, 0) is 48.7 Å². The maximum atomic E-state index is 12.5. The lowest BCUT2D eigenvalue weighted by atomic mass is 9.95. The van der Waals surface area contributed by atoms with Crippen molar-refractivity contribution in [2.75, 3.05) is 6.54 Å². The molecule has 3 atom stereocenters. The van der Waals surface area contributed by atoms with Crippen LogP contribution in [0.2, 0.25) is 5.28 Å². The minimum Gasteiger partial charge on any atom is -0.316 e. The third-order valence-electron chi connectivity index (χ3n) is 5.12. The lowest BCUT2D eigenvalue weighted by Crippen LogP contribution is -2.32. The van der Waals surface area contributed by atoms with E-state index in [4.69, 9.17) is 11.6 Å². The smallest absolute Gasteiger partial charge is 0.279 e. The average Bonchev–Trinajstić information content (AvgIpc) is 3.16. The van der Waals surface area contributed by atoms with Gasteiger partial charge in [-0.1, -0.05) is 13.8 Å². The van der Waals surface area contributed by atoms with Gasteiger partial charge in [0.15, 0.2) is 0 Å². The fourth-order valence-electron chi connectivity index (χ4n) is 3.96. The van der Waals surface area contributed by atoms with Crippen LogP contribution in [0.1, 0.15) is 38.2 Å². The van der Waals surface area contributed by atoms with E-state index in [1.54, 1.807) is 0 Å². The van der Waals surface area contributed by atoms with E-state index in [1.165, 1.54) is 17.4 Å². The molecular weight excluding hydrogens is 302 g/mol. The van der Waals surface area contributed by atoms with Crippen molar-refractivity contribution in [3.05, 3.63) is 27.4 Å². The molecule has 2 aliphatic rings. The van der Waals surface area contributed by atoms with Crippen LogP contribution in [0.5, 0.6) is 0 Å². The van der Waals surface area contributed by atoms with E-state index in [2.05, 4.69) is 20.0 Å². The molecule has 2 fully saturated rings. The van der Waals surface area contributed by atoms with Gasteiger partial charge in [0.05, 0.1) is 0 Å². The Hall–Kier alpha value is -1.40. The molecular formula is C15H20ClN5O. The Morgan fingerprint density at radius 2 is 2.27 bits per heavy atom. The van der Waals surface area contributed by atoms with E-state index >= 15 is 0 Å². The summed E-state index contributed by atoms with van der Waals surface area (Å²) in [5, 5.41) is 7.73. The van der Waals surface area contributed by atoms with E-state index in [9.17, 15) is 4.79 Å². The highest BCUT2D eigenvalue weighted by Crippen LogP contribution is 2.37. The molecule has 2 aromatic heterocycles. The summed E-state index contributed by atoms with van der Waals surface area (Å²) < 4.78 is 3.42. The Labute approximate surface area is 133 Å². The Kier molecular flexibility index (Phi) is 3.27. The zero-order valence-electron chi connectivity index (χ0n) is 12.8. The summed E-state index contributed by atoms with van der Waals surface area (Å²) in [6.45, 7) is 6.03. The van der Waals surface area contributed by atoms with E-state index in [-0.39, 0.29) is 16.8 Å². The number of nitrogens with one attached hydrogen (secondary N) is 1. The SMILES string of the molecule is CC(C)c1cn(C[C@H]2C[C@H]3C[C@@H]2CN3)c2nc(Cl)nn2c1=O. The molecule has 3 heterocycles. The van der Waals surface area contributed by atoms with Crippen molar-refractivity contribution in [3.63, 3.8) is 0 Å². The quantitative estimate of drug-likeness (QED) is 0.934. The van der Waals surface area contributed by atoms with Crippen LogP contribution in [0.25, 0.3) is 5.78 Å². The van der Waals surface area contributed by atoms with Crippen molar-refractivity contribution in [2.24, 2.45) is 11.8 Å². The van der Waals surface area contributed by atoms with Gasteiger partial charge in [0.1, 0.15) is 0 Å².